The Kier molecular flexibility index (Phi) is 4.24. The van der Waals surface area contributed by atoms with Crippen molar-refractivity contribution in [3.63, 3.8) is 0 Å². The van der Waals surface area contributed by atoms with Crippen molar-refractivity contribution in [2.24, 2.45) is 5.41 Å². The van der Waals surface area contributed by atoms with Crippen LogP contribution in [0.3, 0.4) is 0 Å². The van der Waals surface area contributed by atoms with Crippen molar-refractivity contribution in [3.05, 3.63) is 71.7 Å². The summed E-state index contributed by atoms with van der Waals surface area (Å²) in [6, 6.07) is 14.0. The molecule has 1 fully saturated rings. The molecule has 6 heteroatoms. The first kappa shape index (κ1) is 16.4. The van der Waals surface area contributed by atoms with Gasteiger partial charge in [0.25, 0.3) is 0 Å². The molecule has 1 aliphatic carbocycles. The zero-order chi connectivity index (χ0) is 18.0. The number of anilines is 1. The molecule has 0 unspecified atom stereocenters. The molecular weight excluding hydrogens is 326 g/mol. The van der Waals surface area contributed by atoms with Crippen molar-refractivity contribution in [2.75, 3.05) is 5.32 Å². The maximum atomic E-state index is 12.8. The molecule has 0 saturated heterocycles. The summed E-state index contributed by atoms with van der Waals surface area (Å²) in [6.07, 6.45) is 6.11. The smallest absolute Gasteiger partial charge is 0.232 e. The molecule has 132 valence electrons. The lowest BCUT2D eigenvalue weighted by atomic mass is 9.95. The third-order valence-corrected chi connectivity index (χ3v) is 5.02. The maximum absolute atomic E-state index is 12.8. The Bertz CT molecular complexity index is 900. The number of hydrogen-bond acceptors (Lipinski definition) is 4. The maximum Gasteiger partial charge on any atom is 0.232 e. The van der Waals surface area contributed by atoms with Crippen molar-refractivity contribution in [2.45, 2.75) is 32.7 Å². The van der Waals surface area contributed by atoms with Gasteiger partial charge in [0, 0.05) is 12.4 Å². The molecule has 4 rings (SSSR count). The van der Waals surface area contributed by atoms with E-state index in [4.69, 9.17) is 0 Å². The summed E-state index contributed by atoms with van der Waals surface area (Å²) in [7, 11) is 0. The van der Waals surface area contributed by atoms with Crippen LogP contribution >= 0.6 is 0 Å². The average molecular weight is 347 g/mol. The zero-order valence-corrected chi connectivity index (χ0v) is 14.7. The fraction of sp³-hybridized carbons (Fsp3) is 0.300. The second-order valence-corrected chi connectivity index (χ2v) is 6.93. The van der Waals surface area contributed by atoms with Gasteiger partial charge in [-0.05, 0) is 49.4 Å². The monoisotopic (exact) mass is 347 g/mol. The van der Waals surface area contributed by atoms with Gasteiger partial charge in [0.2, 0.25) is 5.91 Å². The number of carbonyl (C=O) groups excluding carboxylic acids is 1. The van der Waals surface area contributed by atoms with Gasteiger partial charge < -0.3 is 5.32 Å². The number of nitrogens with zero attached hydrogens (tertiary/aromatic N) is 4. The first-order valence-electron chi connectivity index (χ1n) is 8.81. The van der Waals surface area contributed by atoms with E-state index in [1.165, 1.54) is 5.56 Å². The summed E-state index contributed by atoms with van der Waals surface area (Å²) < 4.78 is 1.79. The SMILES string of the molecule is Cc1c(NC(=O)C2(Cc3ccccc3)CC2)nnn1Cc1ccncc1. The third-order valence-electron chi connectivity index (χ3n) is 5.02. The van der Waals surface area contributed by atoms with E-state index in [1.54, 1.807) is 17.1 Å². The quantitative estimate of drug-likeness (QED) is 0.744. The molecule has 0 spiro atoms. The first-order valence-corrected chi connectivity index (χ1v) is 8.81. The number of aromatic nitrogens is 4. The summed E-state index contributed by atoms with van der Waals surface area (Å²) in [5.74, 6) is 0.587. The topological polar surface area (TPSA) is 72.7 Å². The minimum atomic E-state index is -0.303. The van der Waals surface area contributed by atoms with E-state index in [-0.39, 0.29) is 11.3 Å². The van der Waals surface area contributed by atoms with Crippen molar-refractivity contribution < 1.29 is 4.79 Å². The highest BCUT2D eigenvalue weighted by molar-refractivity contribution is 5.97. The van der Waals surface area contributed by atoms with Gasteiger partial charge in [-0.3, -0.25) is 9.78 Å². The van der Waals surface area contributed by atoms with Crippen molar-refractivity contribution >= 4 is 11.7 Å². The lowest BCUT2D eigenvalue weighted by molar-refractivity contribution is -0.121. The summed E-state index contributed by atoms with van der Waals surface area (Å²) in [5.41, 5.74) is 2.83. The molecule has 0 aliphatic heterocycles. The van der Waals surface area contributed by atoms with Gasteiger partial charge >= 0.3 is 0 Å². The Morgan fingerprint density at radius 1 is 1.12 bits per heavy atom. The average Bonchev–Trinajstić information content (AvgIpc) is 3.38. The highest BCUT2D eigenvalue weighted by Crippen LogP contribution is 2.49. The molecule has 1 saturated carbocycles. The molecule has 26 heavy (non-hydrogen) atoms. The Hall–Kier alpha value is -3.02. The van der Waals surface area contributed by atoms with Crippen LogP contribution in [0.2, 0.25) is 0 Å². The fourth-order valence-corrected chi connectivity index (χ4v) is 3.15. The molecule has 1 N–H and O–H groups in total. The fourth-order valence-electron chi connectivity index (χ4n) is 3.15. The summed E-state index contributed by atoms with van der Waals surface area (Å²) >= 11 is 0. The van der Waals surface area contributed by atoms with Crippen molar-refractivity contribution in [1.29, 1.82) is 0 Å². The highest BCUT2D eigenvalue weighted by Gasteiger charge is 2.49. The Balaban J connectivity index is 1.45. The van der Waals surface area contributed by atoms with Crippen LogP contribution in [0.5, 0.6) is 0 Å². The Morgan fingerprint density at radius 3 is 2.54 bits per heavy atom. The molecule has 1 aromatic carbocycles. The van der Waals surface area contributed by atoms with E-state index < -0.39 is 0 Å². The van der Waals surface area contributed by atoms with Crippen LogP contribution < -0.4 is 5.32 Å². The lowest BCUT2D eigenvalue weighted by Crippen LogP contribution is -2.26. The van der Waals surface area contributed by atoms with Gasteiger partial charge in [0.05, 0.1) is 17.7 Å². The molecule has 6 nitrogen and oxygen atoms in total. The van der Waals surface area contributed by atoms with Crippen LogP contribution in [0, 0.1) is 12.3 Å². The summed E-state index contributed by atoms with van der Waals surface area (Å²) in [6.45, 7) is 2.53. The number of nitrogens with one attached hydrogen (secondary N) is 1. The highest BCUT2D eigenvalue weighted by atomic mass is 16.2. The van der Waals surface area contributed by atoms with E-state index in [0.29, 0.717) is 12.4 Å². The molecule has 2 heterocycles. The van der Waals surface area contributed by atoms with Crippen LogP contribution in [0.15, 0.2) is 54.9 Å². The van der Waals surface area contributed by atoms with E-state index in [2.05, 4.69) is 32.7 Å². The second kappa shape index (κ2) is 6.71. The van der Waals surface area contributed by atoms with Crippen LogP contribution in [-0.2, 0) is 17.8 Å². The van der Waals surface area contributed by atoms with Crippen LogP contribution in [0.1, 0.15) is 29.7 Å². The molecule has 2 aromatic heterocycles. The zero-order valence-electron chi connectivity index (χ0n) is 14.7. The molecule has 1 aliphatic rings. The number of hydrogen-bond donors (Lipinski definition) is 1. The predicted molar refractivity (Wildman–Crippen MR) is 98.5 cm³/mol. The van der Waals surface area contributed by atoms with Gasteiger partial charge in [-0.25, -0.2) is 4.68 Å². The van der Waals surface area contributed by atoms with Gasteiger partial charge in [-0.15, -0.1) is 5.10 Å². The number of carbonyl (C=O) groups is 1. The van der Waals surface area contributed by atoms with Gasteiger partial charge in [0.1, 0.15) is 0 Å². The molecule has 3 aromatic rings. The lowest BCUT2D eigenvalue weighted by Gasteiger charge is -2.14. The number of benzene rings is 1. The van der Waals surface area contributed by atoms with E-state index in [0.717, 1.165) is 30.5 Å². The third kappa shape index (κ3) is 3.35. The Labute approximate surface area is 152 Å². The molecule has 0 radical (unpaired) electrons. The molecular formula is C20H21N5O. The summed E-state index contributed by atoms with van der Waals surface area (Å²) in [4.78, 5) is 16.8. The first-order chi connectivity index (χ1) is 12.7. The number of rotatable bonds is 6. The normalized spacial score (nSPS) is 14.8. The minimum Gasteiger partial charge on any atom is -0.307 e. The van der Waals surface area contributed by atoms with Gasteiger partial charge in [0.15, 0.2) is 5.82 Å². The van der Waals surface area contributed by atoms with Crippen LogP contribution in [-0.4, -0.2) is 25.9 Å². The standard InChI is InChI=1S/C20H21N5O/c1-15-18(23-24-25(15)14-17-7-11-21-12-8-17)22-19(26)20(9-10-20)13-16-5-3-2-4-6-16/h2-8,11-12H,9-10,13-14H2,1H3,(H,22,26). The predicted octanol–water partition coefficient (Wildman–Crippen LogP) is 2.99. The van der Waals surface area contributed by atoms with E-state index in [9.17, 15) is 4.79 Å². The van der Waals surface area contributed by atoms with Gasteiger partial charge in [-0.2, -0.15) is 0 Å². The van der Waals surface area contributed by atoms with Crippen LogP contribution in [0.25, 0.3) is 0 Å². The Morgan fingerprint density at radius 2 is 1.85 bits per heavy atom. The van der Waals surface area contributed by atoms with Crippen molar-refractivity contribution in [1.82, 2.24) is 20.0 Å². The van der Waals surface area contributed by atoms with Crippen LogP contribution in [0.4, 0.5) is 5.82 Å². The number of amides is 1. The number of pyridine rings is 1. The molecule has 0 atom stereocenters. The van der Waals surface area contributed by atoms with E-state index >= 15 is 0 Å². The molecule has 1 amide bonds. The summed E-state index contributed by atoms with van der Waals surface area (Å²) in [5, 5.41) is 11.3. The van der Waals surface area contributed by atoms with E-state index in [1.807, 2.05) is 37.3 Å². The minimum absolute atomic E-state index is 0.0421. The molecule has 0 bridgehead atoms. The largest absolute Gasteiger partial charge is 0.307 e. The van der Waals surface area contributed by atoms with Gasteiger partial charge in [-0.1, -0.05) is 35.5 Å². The second-order valence-electron chi connectivity index (χ2n) is 6.93. The van der Waals surface area contributed by atoms with Crippen molar-refractivity contribution in [3.8, 4) is 0 Å².